The van der Waals surface area contributed by atoms with E-state index in [0.29, 0.717) is 12.5 Å². The number of aliphatic imine (C=N–C) groups is 1. The fourth-order valence-electron chi connectivity index (χ4n) is 1.79. The molecule has 2 rings (SSSR count). The van der Waals surface area contributed by atoms with Gasteiger partial charge in [-0.3, -0.25) is 0 Å². The number of anilines is 1. The van der Waals surface area contributed by atoms with Crippen LogP contribution in [0, 0.1) is 13.8 Å². The van der Waals surface area contributed by atoms with Gasteiger partial charge < -0.3 is 11.1 Å². The number of rotatable bonds is 3. The van der Waals surface area contributed by atoms with Crippen molar-refractivity contribution in [3.63, 3.8) is 0 Å². The lowest BCUT2D eigenvalue weighted by Crippen LogP contribution is -2.22. The van der Waals surface area contributed by atoms with Gasteiger partial charge in [0.25, 0.3) is 0 Å². The number of nitrogens with one attached hydrogen (secondary N) is 1. The predicted molar refractivity (Wildman–Crippen MR) is 94.6 cm³/mol. The number of benzene rings is 1. The number of halogens is 1. The largest absolute Gasteiger partial charge is 0.370 e. The lowest BCUT2D eigenvalue weighted by atomic mass is 10.1. The molecule has 1 aromatic carbocycles. The molecule has 0 atom stereocenters. The molecule has 3 nitrogen and oxygen atoms in total. The summed E-state index contributed by atoms with van der Waals surface area (Å²) in [7, 11) is 0. The van der Waals surface area contributed by atoms with E-state index in [0.717, 1.165) is 5.69 Å². The molecule has 2 aromatic rings. The fourth-order valence-corrected chi connectivity index (χ4v) is 2.45. The fraction of sp³-hybridized carbons (Fsp3) is 0.214. The third-order valence-corrected chi connectivity index (χ3v) is 3.24. The van der Waals surface area contributed by atoms with Gasteiger partial charge in [0.15, 0.2) is 5.96 Å². The summed E-state index contributed by atoms with van der Waals surface area (Å²) in [4.78, 5) is 4.31. The highest BCUT2D eigenvalue weighted by atomic mass is 127. The molecule has 0 unspecified atom stereocenters. The Morgan fingerprint density at radius 1 is 1.26 bits per heavy atom. The Balaban J connectivity index is 0.00000180. The molecule has 102 valence electrons. The van der Waals surface area contributed by atoms with Crippen molar-refractivity contribution in [1.82, 2.24) is 0 Å². The number of aryl methyl sites for hydroxylation is 2. The van der Waals surface area contributed by atoms with Crippen LogP contribution in [0.2, 0.25) is 0 Å². The van der Waals surface area contributed by atoms with Gasteiger partial charge in [-0.15, -0.1) is 24.0 Å². The van der Waals surface area contributed by atoms with Gasteiger partial charge in [0, 0.05) is 5.69 Å². The average molecular weight is 387 g/mol. The number of nitrogens with zero attached hydrogens (tertiary/aromatic N) is 1. The molecule has 19 heavy (non-hydrogen) atoms. The van der Waals surface area contributed by atoms with Crippen molar-refractivity contribution in [1.29, 1.82) is 0 Å². The summed E-state index contributed by atoms with van der Waals surface area (Å²) in [6.07, 6.45) is 0. The first-order valence-corrected chi connectivity index (χ1v) is 6.74. The molecule has 0 saturated heterocycles. The van der Waals surface area contributed by atoms with Crippen LogP contribution < -0.4 is 11.1 Å². The Bertz CT molecular complexity index is 530. The zero-order valence-electron chi connectivity index (χ0n) is 11.0. The molecule has 0 saturated carbocycles. The normalized spacial score (nSPS) is 10.9. The molecule has 1 aromatic heterocycles. The monoisotopic (exact) mass is 387 g/mol. The van der Waals surface area contributed by atoms with Gasteiger partial charge in [0.05, 0.1) is 6.54 Å². The number of thiophene rings is 1. The Hall–Kier alpha value is -1.08. The second-order valence-corrected chi connectivity index (χ2v) is 5.11. The van der Waals surface area contributed by atoms with Crippen LogP contribution in [0.5, 0.6) is 0 Å². The van der Waals surface area contributed by atoms with E-state index in [1.165, 1.54) is 16.7 Å². The van der Waals surface area contributed by atoms with Gasteiger partial charge in [-0.25, -0.2) is 4.99 Å². The average Bonchev–Trinajstić information content (AvgIpc) is 2.77. The highest BCUT2D eigenvalue weighted by Gasteiger charge is 1.98. The molecule has 0 radical (unpaired) electrons. The molecule has 0 spiro atoms. The molecule has 3 N–H and O–H groups in total. The maximum absolute atomic E-state index is 5.86. The van der Waals surface area contributed by atoms with E-state index in [1.54, 1.807) is 11.3 Å². The minimum Gasteiger partial charge on any atom is -0.370 e. The Morgan fingerprint density at radius 2 is 1.95 bits per heavy atom. The summed E-state index contributed by atoms with van der Waals surface area (Å²) in [6, 6.07) is 8.29. The van der Waals surface area contributed by atoms with Crippen LogP contribution in [0.3, 0.4) is 0 Å². The third kappa shape index (κ3) is 5.20. The molecule has 0 aliphatic heterocycles. The van der Waals surface area contributed by atoms with Crippen molar-refractivity contribution in [3.8, 4) is 0 Å². The van der Waals surface area contributed by atoms with Gasteiger partial charge in [-0.05, 0) is 59.5 Å². The van der Waals surface area contributed by atoms with Crippen LogP contribution in [-0.2, 0) is 6.54 Å². The second kappa shape index (κ2) is 7.49. The smallest absolute Gasteiger partial charge is 0.193 e. The molecule has 0 bridgehead atoms. The minimum atomic E-state index is 0. The Labute approximate surface area is 135 Å². The van der Waals surface area contributed by atoms with Crippen molar-refractivity contribution < 1.29 is 0 Å². The third-order valence-electron chi connectivity index (χ3n) is 2.51. The maximum atomic E-state index is 5.86. The SMILES string of the molecule is Cc1cc(C)cc(NC(N)=NCc2ccsc2)c1.I. The Morgan fingerprint density at radius 3 is 2.53 bits per heavy atom. The van der Waals surface area contributed by atoms with Crippen LogP contribution in [0.25, 0.3) is 0 Å². The first-order valence-electron chi connectivity index (χ1n) is 5.80. The van der Waals surface area contributed by atoms with E-state index in [-0.39, 0.29) is 24.0 Å². The molecule has 1 heterocycles. The zero-order chi connectivity index (χ0) is 13.0. The second-order valence-electron chi connectivity index (χ2n) is 4.33. The molecule has 0 aliphatic carbocycles. The summed E-state index contributed by atoms with van der Waals surface area (Å²) in [5.41, 5.74) is 10.5. The highest BCUT2D eigenvalue weighted by molar-refractivity contribution is 14.0. The van der Waals surface area contributed by atoms with Crippen LogP contribution in [0.15, 0.2) is 40.0 Å². The molecular weight excluding hydrogens is 369 g/mol. The summed E-state index contributed by atoms with van der Waals surface area (Å²) in [5, 5.41) is 7.23. The van der Waals surface area contributed by atoms with Gasteiger partial charge in [-0.2, -0.15) is 11.3 Å². The van der Waals surface area contributed by atoms with Crippen molar-refractivity contribution in [2.24, 2.45) is 10.7 Å². The van der Waals surface area contributed by atoms with Crippen molar-refractivity contribution in [2.75, 3.05) is 5.32 Å². The van der Waals surface area contributed by atoms with E-state index in [9.17, 15) is 0 Å². The van der Waals surface area contributed by atoms with Gasteiger partial charge in [0.1, 0.15) is 0 Å². The zero-order valence-corrected chi connectivity index (χ0v) is 14.2. The lowest BCUT2D eigenvalue weighted by molar-refractivity contribution is 1.07. The molecule has 0 amide bonds. The van der Waals surface area contributed by atoms with Crippen LogP contribution in [-0.4, -0.2) is 5.96 Å². The topological polar surface area (TPSA) is 50.4 Å². The van der Waals surface area contributed by atoms with Crippen LogP contribution in [0.4, 0.5) is 5.69 Å². The standard InChI is InChI=1S/C14H17N3S.HI/c1-10-5-11(2)7-13(6-10)17-14(15)16-8-12-3-4-18-9-12;/h3-7,9H,8H2,1-2H3,(H3,15,16,17);1H. The molecular formula is C14H18IN3S. The molecule has 0 fully saturated rings. The quantitative estimate of drug-likeness (QED) is 0.477. The van der Waals surface area contributed by atoms with Gasteiger partial charge in [-0.1, -0.05) is 6.07 Å². The number of hydrogen-bond acceptors (Lipinski definition) is 2. The van der Waals surface area contributed by atoms with Crippen molar-refractivity contribution in [2.45, 2.75) is 20.4 Å². The maximum Gasteiger partial charge on any atom is 0.193 e. The first-order chi connectivity index (χ1) is 8.63. The van der Waals surface area contributed by atoms with Gasteiger partial charge >= 0.3 is 0 Å². The van der Waals surface area contributed by atoms with E-state index in [2.05, 4.69) is 53.8 Å². The lowest BCUT2D eigenvalue weighted by Gasteiger charge is -2.07. The van der Waals surface area contributed by atoms with Crippen LogP contribution >= 0.6 is 35.3 Å². The first kappa shape index (κ1) is 16.0. The van der Waals surface area contributed by atoms with E-state index in [4.69, 9.17) is 5.73 Å². The van der Waals surface area contributed by atoms with E-state index < -0.39 is 0 Å². The summed E-state index contributed by atoms with van der Waals surface area (Å²) < 4.78 is 0. The number of hydrogen-bond donors (Lipinski definition) is 2. The minimum absolute atomic E-state index is 0. The molecule has 0 aliphatic rings. The highest BCUT2D eigenvalue weighted by Crippen LogP contribution is 2.13. The summed E-state index contributed by atoms with van der Waals surface area (Å²) >= 11 is 1.67. The number of guanidine groups is 1. The van der Waals surface area contributed by atoms with Crippen molar-refractivity contribution in [3.05, 3.63) is 51.7 Å². The summed E-state index contributed by atoms with van der Waals surface area (Å²) in [6.45, 7) is 4.75. The Kier molecular flexibility index (Phi) is 6.30. The van der Waals surface area contributed by atoms with Gasteiger partial charge in [0.2, 0.25) is 0 Å². The van der Waals surface area contributed by atoms with E-state index in [1.807, 2.05) is 5.38 Å². The van der Waals surface area contributed by atoms with Crippen molar-refractivity contribution >= 4 is 47.0 Å². The van der Waals surface area contributed by atoms with E-state index >= 15 is 0 Å². The predicted octanol–water partition coefficient (Wildman–Crippen LogP) is 3.91. The van der Waals surface area contributed by atoms with Crippen LogP contribution in [0.1, 0.15) is 16.7 Å². The molecule has 5 heteroatoms. The number of nitrogens with two attached hydrogens (primary N) is 1. The summed E-state index contributed by atoms with van der Waals surface area (Å²) in [5.74, 6) is 0.450.